The van der Waals surface area contributed by atoms with Crippen LogP contribution >= 0.6 is 0 Å². The van der Waals surface area contributed by atoms with Gasteiger partial charge in [-0.1, -0.05) is 6.07 Å². The van der Waals surface area contributed by atoms with Crippen molar-refractivity contribution in [2.75, 3.05) is 7.11 Å². The van der Waals surface area contributed by atoms with Crippen LogP contribution in [0.1, 0.15) is 43.2 Å². The molecule has 1 heterocycles. The summed E-state index contributed by atoms with van der Waals surface area (Å²) in [5.41, 5.74) is 0.342. The van der Waals surface area contributed by atoms with Crippen molar-refractivity contribution in [2.24, 2.45) is 5.41 Å². The number of benzene rings is 1. The van der Waals surface area contributed by atoms with Gasteiger partial charge < -0.3 is 10.1 Å². The molecule has 1 aromatic carbocycles. The molecule has 4 nitrogen and oxygen atoms in total. The first-order chi connectivity index (χ1) is 11.0. The minimum absolute atomic E-state index is 0.0660. The van der Waals surface area contributed by atoms with E-state index in [0.29, 0.717) is 6.42 Å². The summed E-state index contributed by atoms with van der Waals surface area (Å²) < 4.78 is 19.1. The number of Topliss-reactive ketones (excluding diaryl/α,β-unsaturated/α-hetero) is 1. The molecule has 1 aromatic rings. The van der Waals surface area contributed by atoms with Gasteiger partial charge in [-0.25, -0.2) is 4.39 Å². The van der Waals surface area contributed by atoms with Crippen LogP contribution in [0.5, 0.6) is 0 Å². The molecular formula is C18H20FNO3. The van der Waals surface area contributed by atoms with Crippen molar-refractivity contribution in [3.63, 3.8) is 0 Å². The fourth-order valence-corrected chi connectivity index (χ4v) is 5.04. The van der Waals surface area contributed by atoms with E-state index in [0.717, 1.165) is 36.8 Å². The second-order valence-corrected chi connectivity index (χ2v) is 7.09. The van der Waals surface area contributed by atoms with Crippen LogP contribution in [-0.2, 0) is 26.3 Å². The highest BCUT2D eigenvalue weighted by atomic mass is 19.1. The molecule has 3 aliphatic rings. The molecule has 4 rings (SSSR count). The lowest BCUT2D eigenvalue weighted by atomic mass is 9.60. The van der Waals surface area contributed by atoms with E-state index in [4.69, 9.17) is 4.74 Å². The molecule has 1 unspecified atom stereocenters. The molecule has 1 aliphatic heterocycles. The minimum Gasteiger partial charge on any atom is -0.381 e. The molecule has 2 fully saturated rings. The standard InChI is InChI=1S/C18H20FNO3/c1-23-13-4-6-17(7-5-13)10-11-8-12(19)2-3-14(11)18(17)15(21)9-16(22)20-18/h2-3,8,13H,4-7,9-10H2,1H3,(H,20,22). The maximum atomic E-state index is 13.7. The highest BCUT2D eigenvalue weighted by Gasteiger charge is 2.65. The van der Waals surface area contributed by atoms with E-state index < -0.39 is 5.54 Å². The molecule has 0 radical (unpaired) electrons. The maximum absolute atomic E-state index is 13.7. The van der Waals surface area contributed by atoms with Crippen LogP contribution in [0.2, 0.25) is 0 Å². The molecular weight excluding hydrogens is 297 g/mol. The monoisotopic (exact) mass is 317 g/mol. The zero-order chi connectivity index (χ0) is 16.2. The molecule has 1 saturated heterocycles. The van der Waals surface area contributed by atoms with Gasteiger partial charge in [0.2, 0.25) is 5.91 Å². The topological polar surface area (TPSA) is 55.4 Å². The molecule has 0 aromatic heterocycles. The van der Waals surface area contributed by atoms with E-state index in [-0.39, 0.29) is 35.4 Å². The number of halogens is 1. The quantitative estimate of drug-likeness (QED) is 0.808. The second-order valence-electron chi connectivity index (χ2n) is 7.09. The largest absolute Gasteiger partial charge is 0.381 e. The molecule has 1 atom stereocenters. The first kappa shape index (κ1) is 14.8. The Hall–Kier alpha value is -1.75. The third-order valence-electron chi connectivity index (χ3n) is 6.08. The Morgan fingerprint density at radius 1 is 1.26 bits per heavy atom. The molecule has 122 valence electrons. The fraction of sp³-hybridized carbons (Fsp3) is 0.556. The van der Waals surface area contributed by atoms with E-state index in [1.165, 1.54) is 12.1 Å². The average Bonchev–Trinajstić information content (AvgIpc) is 2.96. The van der Waals surface area contributed by atoms with Crippen molar-refractivity contribution >= 4 is 11.7 Å². The van der Waals surface area contributed by atoms with Gasteiger partial charge in [0.25, 0.3) is 0 Å². The smallest absolute Gasteiger partial charge is 0.228 e. The van der Waals surface area contributed by atoms with Crippen molar-refractivity contribution in [1.29, 1.82) is 0 Å². The second kappa shape index (κ2) is 4.87. The average molecular weight is 317 g/mol. The lowest BCUT2D eigenvalue weighted by Crippen LogP contribution is -2.56. The van der Waals surface area contributed by atoms with Gasteiger partial charge in [-0.2, -0.15) is 0 Å². The Labute approximate surface area is 134 Å². The zero-order valence-electron chi connectivity index (χ0n) is 13.2. The number of nitrogens with one attached hydrogen (secondary N) is 1. The SMILES string of the molecule is COC1CCC2(CC1)Cc1cc(F)ccc1C21NC(=O)CC1=O. The number of amides is 1. The number of ketones is 1. The lowest BCUT2D eigenvalue weighted by molar-refractivity contribution is -0.129. The van der Waals surface area contributed by atoms with Gasteiger partial charge in [0, 0.05) is 12.5 Å². The number of rotatable bonds is 1. The predicted octanol–water partition coefficient (Wildman–Crippen LogP) is 2.24. The van der Waals surface area contributed by atoms with E-state index in [9.17, 15) is 14.0 Å². The van der Waals surface area contributed by atoms with Gasteiger partial charge in [-0.15, -0.1) is 0 Å². The molecule has 2 spiro atoms. The molecule has 1 N–H and O–H groups in total. The first-order valence-corrected chi connectivity index (χ1v) is 8.17. The summed E-state index contributed by atoms with van der Waals surface area (Å²) in [5, 5.41) is 3.00. The number of hydrogen-bond donors (Lipinski definition) is 1. The van der Waals surface area contributed by atoms with E-state index in [1.54, 1.807) is 13.2 Å². The van der Waals surface area contributed by atoms with Crippen molar-refractivity contribution < 1.29 is 18.7 Å². The number of carbonyl (C=O) groups is 2. The summed E-state index contributed by atoms with van der Waals surface area (Å²) >= 11 is 0. The molecule has 2 aliphatic carbocycles. The molecule has 5 heteroatoms. The number of carbonyl (C=O) groups excluding carboxylic acids is 2. The fourth-order valence-electron chi connectivity index (χ4n) is 5.04. The van der Waals surface area contributed by atoms with E-state index in [1.807, 2.05) is 0 Å². The maximum Gasteiger partial charge on any atom is 0.228 e. The third kappa shape index (κ3) is 1.86. The summed E-state index contributed by atoms with van der Waals surface area (Å²) in [6.45, 7) is 0. The van der Waals surface area contributed by atoms with Crippen LogP contribution in [-0.4, -0.2) is 24.9 Å². The normalized spacial score (nSPS) is 35.8. The van der Waals surface area contributed by atoms with Gasteiger partial charge in [0.05, 0.1) is 12.5 Å². The highest BCUT2D eigenvalue weighted by molar-refractivity contribution is 6.11. The first-order valence-electron chi connectivity index (χ1n) is 8.17. The third-order valence-corrected chi connectivity index (χ3v) is 6.08. The van der Waals surface area contributed by atoms with Crippen LogP contribution < -0.4 is 5.32 Å². The van der Waals surface area contributed by atoms with E-state index >= 15 is 0 Å². The Morgan fingerprint density at radius 3 is 2.61 bits per heavy atom. The number of fused-ring (bicyclic) bond motifs is 3. The van der Waals surface area contributed by atoms with Crippen molar-refractivity contribution in [2.45, 2.75) is 50.2 Å². The van der Waals surface area contributed by atoms with Crippen LogP contribution in [0.25, 0.3) is 0 Å². The summed E-state index contributed by atoms with van der Waals surface area (Å²) in [4.78, 5) is 24.9. The van der Waals surface area contributed by atoms with Crippen molar-refractivity contribution in [1.82, 2.24) is 5.32 Å². The molecule has 1 amide bonds. The number of ether oxygens (including phenoxy) is 1. The van der Waals surface area contributed by atoms with Crippen LogP contribution in [0.15, 0.2) is 18.2 Å². The molecule has 23 heavy (non-hydrogen) atoms. The van der Waals surface area contributed by atoms with Crippen LogP contribution in [0, 0.1) is 11.2 Å². The lowest BCUT2D eigenvalue weighted by Gasteiger charge is -2.47. The summed E-state index contributed by atoms with van der Waals surface area (Å²) in [7, 11) is 1.71. The highest BCUT2D eigenvalue weighted by Crippen LogP contribution is 2.59. The van der Waals surface area contributed by atoms with Gasteiger partial charge >= 0.3 is 0 Å². The Bertz CT molecular complexity index is 694. The van der Waals surface area contributed by atoms with Gasteiger partial charge in [0.15, 0.2) is 5.78 Å². The van der Waals surface area contributed by atoms with Crippen LogP contribution in [0.4, 0.5) is 4.39 Å². The Kier molecular flexibility index (Phi) is 3.14. The van der Waals surface area contributed by atoms with Gasteiger partial charge in [-0.3, -0.25) is 9.59 Å². The van der Waals surface area contributed by atoms with Crippen LogP contribution in [0.3, 0.4) is 0 Å². The predicted molar refractivity (Wildman–Crippen MR) is 81.2 cm³/mol. The summed E-state index contributed by atoms with van der Waals surface area (Å²) in [6, 6.07) is 4.59. The zero-order valence-corrected chi connectivity index (χ0v) is 13.2. The van der Waals surface area contributed by atoms with Crippen molar-refractivity contribution in [3.05, 3.63) is 35.1 Å². The van der Waals surface area contributed by atoms with Gasteiger partial charge in [0.1, 0.15) is 11.4 Å². The van der Waals surface area contributed by atoms with Gasteiger partial charge in [-0.05, 0) is 55.4 Å². The van der Waals surface area contributed by atoms with Crippen molar-refractivity contribution in [3.8, 4) is 0 Å². The summed E-state index contributed by atoms with van der Waals surface area (Å²) in [5.74, 6) is -0.581. The molecule has 1 saturated carbocycles. The minimum atomic E-state index is -0.966. The number of methoxy groups -OCH3 is 1. The van der Waals surface area contributed by atoms with E-state index in [2.05, 4.69) is 5.32 Å². The molecule has 0 bridgehead atoms. The Morgan fingerprint density at radius 2 is 2.00 bits per heavy atom. The number of hydrogen-bond acceptors (Lipinski definition) is 3. The summed E-state index contributed by atoms with van der Waals surface area (Å²) in [6.07, 6.45) is 4.08. The Balaban J connectivity index is 1.84.